The van der Waals surface area contributed by atoms with Crippen LogP contribution in [-0.4, -0.2) is 30.4 Å². The first kappa shape index (κ1) is 13.7. The molecule has 0 saturated carbocycles. The molecular weight excluding hydrogens is 264 g/mol. The van der Waals surface area contributed by atoms with Crippen LogP contribution in [0.25, 0.3) is 0 Å². The van der Waals surface area contributed by atoms with Gasteiger partial charge in [-0.15, -0.1) is 0 Å². The third-order valence-electron chi connectivity index (χ3n) is 2.97. The van der Waals surface area contributed by atoms with Crippen molar-refractivity contribution in [3.05, 3.63) is 33.4 Å². The molecule has 0 aromatic carbocycles. The van der Waals surface area contributed by atoms with Gasteiger partial charge in [-0.25, -0.2) is 0 Å². The second-order valence-corrected chi connectivity index (χ2v) is 4.42. The van der Waals surface area contributed by atoms with Gasteiger partial charge in [0.15, 0.2) is 0 Å². The Kier molecular flexibility index (Phi) is 3.26. The number of hydrogen-bond acceptors (Lipinski definition) is 5. The van der Waals surface area contributed by atoms with E-state index in [2.05, 4.69) is 15.5 Å². The number of nitrogens with zero attached hydrogens (tertiary/aromatic N) is 5. The summed E-state index contributed by atoms with van der Waals surface area (Å²) < 4.78 is 2.85. The van der Waals surface area contributed by atoms with E-state index < -0.39 is 10.8 Å². The van der Waals surface area contributed by atoms with Crippen LogP contribution in [-0.2, 0) is 14.1 Å². The van der Waals surface area contributed by atoms with Crippen molar-refractivity contribution in [2.45, 2.75) is 13.8 Å². The molecule has 0 unspecified atom stereocenters. The Morgan fingerprint density at radius 2 is 2.00 bits per heavy atom. The van der Waals surface area contributed by atoms with E-state index in [-0.39, 0.29) is 11.4 Å². The topological polar surface area (TPSA) is 108 Å². The summed E-state index contributed by atoms with van der Waals surface area (Å²) in [5, 5.41) is 21.5. The number of nitro groups is 1. The summed E-state index contributed by atoms with van der Waals surface area (Å²) in [5.41, 5.74) is 1.38. The van der Waals surface area contributed by atoms with Crippen LogP contribution in [0.4, 0.5) is 11.4 Å². The number of hydrogen-bond donors (Lipinski definition) is 1. The highest BCUT2D eigenvalue weighted by atomic mass is 16.6. The lowest BCUT2D eigenvalue weighted by Gasteiger charge is -2.03. The summed E-state index contributed by atoms with van der Waals surface area (Å²) in [6.45, 7) is 3.54. The van der Waals surface area contributed by atoms with Crippen molar-refractivity contribution in [1.82, 2.24) is 19.6 Å². The molecule has 1 N–H and O–H groups in total. The summed E-state index contributed by atoms with van der Waals surface area (Å²) in [6.07, 6.45) is 1.19. The Bertz CT molecular complexity index is 699. The van der Waals surface area contributed by atoms with E-state index in [1.165, 1.54) is 17.9 Å². The normalized spacial score (nSPS) is 10.6. The van der Waals surface area contributed by atoms with Crippen LogP contribution in [0.15, 0.2) is 6.20 Å². The fourth-order valence-corrected chi connectivity index (χ4v) is 1.90. The summed E-state index contributed by atoms with van der Waals surface area (Å²) in [5.74, 6) is -0.628. The Hall–Kier alpha value is -2.71. The second kappa shape index (κ2) is 4.76. The van der Waals surface area contributed by atoms with Gasteiger partial charge in [0.1, 0.15) is 6.20 Å². The van der Waals surface area contributed by atoms with Crippen molar-refractivity contribution in [1.29, 1.82) is 0 Å². The summed E-state index contributed by atoms with van der Waals surface area (Å²) >= 11 is 0. The van der Waals surface area contributed by atoms with E-state index in [4.69, 9.17) is 0 Å². The average molecular weight is 278 g/mol. The van der Waals surface area contributed by atoms with Crippen LogP contribution in [0.1, 0.15) is 21.9 Å². The Labute approximate surface area is 114 Å². The van der Waals surface area contributed by atoms with Crippen molar-refractivity contribution in [3.8, 4) is 0 Å². The lowest BCUT2D eigenvalue weighted by Crippen LogP contribution is -2.15. The number of aryl methyl sites for hydroxylation is 3. The minimum absolute atomic E-state index is 0.222. The van der Waals surface area contributed by atoms with E-state index in [1.807, 2.05) is 0 Å². The van der Waals surface area contributed by atoms with Crippen LogP contribution in [0.2, 0.25) is 0 Å². The molecular formula is C11H14N6O3. The van der Waals surface area contributed by atoms with E-state index in [0.29, 0.717) is 11.4 Å². The maximum Gasteiger partial charge on any atom is 0.320 e. The van der Waals surface area contributed by atoms with Crippen LogP contribution in [0.5, 0.6) is 0 Å². The molecule has 2 aromatic heterocycles. The van der Waals surface area contributed by atoms with Crippen molar-refractivity contribution in [2.24, 2.45) is 14.1 Å². The number of rotatable bonds is 3. The molecule has 0 aliphatic heterocycles. The Balaban J connectivity index is 2.36. The molecule has 1 amide bonds. The predicted molar refractivity (Wildman–Crippen MR) is 70.5 cm³/mol. The quantitative estimate of drug-likeness (QED) is 0.663. The zero-order valence-corrected chi connectivity index (χ0v) is 11.5. The third-order valence-corrected chi connectivity index (χ3v) is 2.97. The van der Waals surface area contributed by atoms with Gasteiger partial charge in [-0.1, -0.05) is 0 Å². The first-order valence-electron chi connectivity index (χ1n) is 5.81. The van der Waals surface area contributed by atoms with Crippen molar-refractivity contribution >= 4 is 17.3 Å². The fourth-order valence-electron chi connectivity index (χ4n) is 1.90. The summed E-state index contributed by atoms with van der Waals surface area (Å²) in [4.78, 5) is 22.4. The minimum atomic E-state index is -0.634. The minimum Gasteiger partial charge on any atom is -0.317 e. The molecule has 0 spiro atoms. The van der Waals surface area contributed by atoms with Crippen LogP contribution >= 0.6 is 0 Å². The van der Waals surface area contributed by atoms with Gasteiger partial charge in [0.2, 0.25) is 5.69 Å². The van der Waals surface area contributed by atoms with Gasteiger partial charge >= 0.3 is 5.69 Å². The zero-order valence-electron chi connectivity index (χ0n) is 11.5. The number of amides is 1. The van der Waals surface area contributed by atoms with Gasteiger partial charge in [-0.05, 0) is 13.8 Å². The van der Waals surface area contributed by atoms with Crippen molar-refractivity contribution < 1.29 is 9.72 Å². The van der Waals surface area contributed by atoms with Crippen LogP contribution < -0.4 is 5.32 Å². The van der Waals surface area contributed by atoms with Gasteiger partial charge in [0, 0.05) is 14.1 Å². The standard InChI is InChI=1S/C11H14N6O3/c1-6-9(7(2)16(4)13-6)12-11(18)10-8(17(19)20)5-15(3)14-10/h5H,1-4H3,(H,12,18). The molecule has 0 radical (unpaired) electrons. The molecule has 2 aromatic rings. The molecule has 0 atom stereocenters. The van der Waals surface area contributed by atoms with E-state index in [0.717, 1.165) is 5.69 Å². The molecule has 0 aliphatic carbocycles. The van der Waals surface area contributed by atoms with Crippen LogP contribution in [0, 0.1) is 24.0 Å². The van der Waals surface area contributed by atoms with Crippen LogP contribution in [0.3, 0.4) is 0 Å². The molecule has 0 saturated heterocycles. The van der Waals surface area contributed by atoms with Gasteiger partial charge in [-0.3, -0.25) is 24.3 Å². The van der Waals surface area contributed by atoms with Gasteiger partial charge < -0.3 is 5.32 Å². The third kappa shape index (κ3) is 2.25. The first-order chi connectivity index (χ1) is 9.31. The zero-order chi connectivity index (χ0) is 15.0. The second-order valence-electron chi connectivity index (χ2n) is 4.42. The van der Waals surface area contributed by atoms with Gasteiger partial charge in [0.25, 0.3) is 5.91 Å². The Morgan fingerprint density at radius 3 is 2.50 bits per heavy atom. The fraction of sp³-hybridized carbons (Fsp3) is 0.364. The molecule has 20 heavy (non-hydrogen) atoms. The maximum absolute atomic E-state index is 12.1. The summed E-state index contributed by atoms with van der Waals surface area (Å²) in [7, 11) is 3.27. The van der Waals surface area contributed by atoms with Gasteiger partial charge in [0.05, 0.1) is 22.0 Å². The highest BCUT2D eigenvalue weighted by molar-refractivity contribution is 6.06. The number of aromatic nitrogens is 4. The molecule has 2 heterocycles. The first-order valence-corrected chi connectivity index (χ1v) is 5.81. The largest absolute Gasteiger partial charge is 0.320 e. The maximum atomic E-state index is 12.1. The number of anilines is 1. The van der Waals surface area contributed by atoms with E-state index >= 15 is 0 Å². The van der Waals surface area contributed by atoms with Crippen molar-refractivity contribution in [3.63, 3.8) is 0 Å². The molecule has 9 heteroatoms. The molecule has 9 nitrogen and oxygen atoms in total. The lowest BCUT2D eigenvalue weighted by atomic mass is 10.3. The highest BCUT2D eigenvalue weighted by Crippen LogP contribution is 2.22. The summed E-state index contributed by atoms with van der Waals surface area (Å²) in [6, 6.07) is 0. The molecule has 2 rings (SSSR count). The smallest absolute Gasteiger partial charge is 0.317 e. The van der Waals surface area contributed by atoms with E-state index in [9.17, 15) is 14.9 Å². The monoisotopic (exact) mass is 278 g/mol. The van der Waals surface area contributed by atoms with Crippen molar-refractivity contribution in [2.75, 3.05) is 5.32 Å². The van der Waals surface area contributed by atoms with Gasteiger partial charge in [-0.2, -0.15) is 10.2 Å². The number of carbonyl (C=O) groups is 1. The lowest BCUT2D eigenvalue weighted by molar-refractivity contribution is -0.385. The Morgan fingerprint density at radius 1 is 1.35 bits per heavy atom. The SMILES string of the molecule is Cc1nn(C)c(C)c1NC(=O)c1nn(C)cc1[N+](=O)[O-]. The highest BCUT2D eigenvalue weighted by Gasteiger charge is 2.26. The average Bonchev–Trinajstić information content (AvgIpc) is 2.85. The molecule has 106 valence electrons. The van der Waals surface area contributed by atoms with E-state index in [1.54, 1.807) is 25.6 Å². The molecule has 0 aliphatic rings. The number of carbonyl (C=O) groups excluding carboxylic acids is 1. The predicted octanol–water partition coefficient (Wildman–Crippen LogP) is 0.931. The number of nitrogens with one attached hydrogen (secondary N) is 1. The molecule has 0 fully saturated rings. The molecule has 0 bridgehead atoms.